The van der Waals surface area contributed by atoms with Crippen LogP contribution in [0.25, 0.3) is 11.0 Å². The van der Waals surface area contributed by atoms with Crippen molar-refractivity contribution in [3.8, 4) is 0 Å². The lowest BCUT2D eigenvalue weighted by Gasteiger charge is -2.09. The molecule has 1 aromatic carbocycles. The quantitative estimate of drug-likeness (QED) is 0.786. The molecule has 20 heavy (non-hydrogen) atoms. The van der Waals surface area contributed by atoms with Crippen LogP contribution < -0.4 is 5.73 Å². The van der Waals surface area contributed by atoms with Crippen molar-refractivity contribution in [2.75, 3.05) is 0 Å². The first-order valence-electron chi connectivity index (χ1n) is 6.79. The van der Waals surface area contributed by atoms with Crippen LogP contribution in [0.5, 0.6) is 0 Å². The molecule has 0 saturated carbocycles. The van der Waals surface area contributed by atoms with Crippen LogP contribution in [0.4, 0.5) is 0 Å². The standard InChI is InChI=1S/C17H18N2O/c1-11-5-6-16-13(8-11)9-17(20-16)14(18)10-15-12(2)4-3-7-19-15/h3-9,14H,10,18H2,1-2H3. The molecule has 2 heterocycles. The third kappa shape index (κ3) is 2.45. The topological polar surface area (TPSA) is 52.0 Å². The number of nitrogens with two attached hydrogens (primary N) is 1. The summed E-state index contributed by atoms with van der Waals surface area (Å²) in [6, 6.07) is 12.0. The first-order chi connectivity index (χ1) is 9.63. The molecule has 0 aliphatic heterocycles. The zero-order chi connectivity index (χ0) is 14.1. The van der Waals surface area contributed by atoms with Crippen LogP contribution in [-0.4, -0.2) is 4.98 Å². The van der Waals surface area contributed by atoms with Crippen LogP contribution in [0.15, 0.2) is 47.0 Å². The van der Waals surface area contributed by atoms with Gasteiger partial charge in [0.1, 0.15) is 11.3 Å². The Bertz CT molecular complexity index is 746. The van der Waals surface area contributed by atoms with Crippen LogP contribution in [-0.2, 0) is 6.42 Å². The van der Waals surface area contributed by atoms with Gasteiger partial charge in [-0.1, -0.05) is 17.7 Å². The molecule has 0 aliphatic rings. The average molecular weight is 266 g/mol. The van der Waals surface area contributed by atoms with Crippen LogP contribution >= 0.6 is 0 Å². The number of nitrogens with zero attached hydrogens (tertiary/aromatic N) is 1. The SMILES string of the molecule is Cc1ccc2oc(C(N)Cc3ncccc3C)cc2c1. The lowest BCUT2D eigenvalue weighted by molar-refractivity contribution is 0.491. The minimum absolute atomic E-state index is 0.170. The highest BCUT2D eigenvalue weighted by Crippen LogP contribution is 2.25. The Morgan fingerprint density at radius 2 is 2.05 bits per heavy atom. The van der Waals surface area contributed by atoms with E-state index in [1.165, 1.54) is 5.56 Å². The van der Waals surface area contributed by atoms with E-state index in [1.807, 2.05) is 24.3 Å². The second-order valence-corrected chi connectivity index (χ2v) is 5.27. The number of aromatic nitrogens is 1. The molecule has 1 unspecified atom stereocenters. The van der Waals surface area contributed by atoms with E-state index < -0.39 is 0 Å². The van der Waals surface area contributed by atoms with Gasteiger partial charge in [-0.15, -0.1) is 0 Å². The predicted molar refractivity (Wildman–Crippen MR) is 80.6 cm³/mol. The average Bonchev–Trinajstić information content (AvgIpc) is 2.84. The molecule has 0 aliphatic carbocycles. The zero-order valence-electron chi connectivity index (χ0n) is 11.8. The molecule has 0 fully saturated rings. The number of furan rings is 1. The van der Waals surface area contributed by atoms with Crippen molar-refractivity contribution in [3.05, 3.63) is 65.2 Å². The summed E-state index contributed by atoms with van der Waals surface area (Å²) in [7, 11) is 0. The van der Waals surface area contributed by atoms with Gasteiger partial charge in [0.25, 0.3) is 0 Å². The van der Waals surface area contributed by atoms with Crippen LogP contribution in [0, 0.1) is 13.8 Å². The molecule has 3 heteroatoms. The van der Waals surface area contributed by atoms with Crippen LogP contribution in [0.2, 0.25) is 0 Å². The fourth-order valence-electron chi connectivity index (χ4n) is 2.41. The van der Waals surface area contributed by atoms with E-state index >= 15 is 0 Å². The summed E-state index contributed by atoms with van der Waals surface area (Å²) in [5.41, 5.74) is 10.6. The molecular formula is C17H18N2O. The number of hydrogen-bond donors (Lipinski definition) is 1. The van der Waals surface area contributed by atoms with E-state index in [2.05, 4.69) is 31.0 Å². The molecule has 0 radical (unpaired) electrons. The fraction of sp³-hybridized carbons (Fsp3) is 0.235. The minimum atomic E-state index is -0.170. The largest absolute Gasteiger partial charge is 0.459 e. The molecule has 0 spiro atoms. The summed E-state index contributed by atoms with van der Waals surface area (Å²) in [6.45, 7) is 4.13. The Kier molecular flexibility index (Phi) is 3.28. The highest BCUT2D eigenvalue weighted by molar-refractivity contribution is 5.78. The Labute approximate surface area is 118 Å². The number of pyridine rings is 1. The Morgan fingerprint density at radius 3 is 2.85 bits per heavy atom. The maximum atomic E-state index is 6.26. The fourth-order valence-corrected chi connectivity index (χ4v) is 2.41. The van der Waals surface area contributed by atoms with Crippen molar-refractivity contribution < 1.29 is 4.42 Å². The summed E-state index contributed by atoms with van der Waals surface area (Å²) in [5.74, 6) is 0.815. The number of fused-ring (bicyclic) bond motifs is 1. The molecule has 0 amide bonds. The lowest BCUT2D eigenvalue weighted by atomic mass is 10.1. The van der Waals surface area contributed by atoms with Gasteiger partial charge in [0.05, 0.1) is 6.04 Å². The van der Waals surface area contributed by atoms with Gasteiger partial charge < -0.3 is 10.2 Å². The van der Waals surface area contributed by atoms with E-state index in [1.54, 1.807) is 6.20 Å². The van der Waals surface area contributed by atoms with Gasteiger partial charge in [0.15, 0.2) is 0 Å². The van der Waals surface area contributed by atoms with Crippen molar-refractivity contribution in [2.24, 2.45) is 5.73 Å². The van der Waals surface area contributed by atoms with E-state index in [4.69, 9.17) is 10.2 Å². The first-order valence-corrected chi connectivity index (χ1v) is 6.79. The van der Waals surface area contributed by atoms with Gasteiger partial charge in [0.2, 0.25) is 0 Å². The molecule has 3 rings (SSSR count). The van der Waals surface area contributed by atoms with E-state index in [-0.39, 0.29) is 6.04 Å². The highest BCUT2D eigenvalue weighted by atomic mass is 16.3. The summed E-state index contributed by atoms with van der Waals surface area (Å²) in [4.78, 5) is 4.39. The van der Waals surface area contributed by atoms with Crippen LogP contribution in [0.3, 0.4) is 0 Å². The molecule has 3 nitrogen and oxygen atoms in total. The molecule has 1 atom stereocenters. The van der Waals surface area contributed by atoms with Crippen molar-refractivity contribution in [1.82, 2.24) is 4.98 Å². The second kappa shape index (κ2) is 5.10. The summed E-state index contributed by atoms with van der Waals surface area (Å²) < 4.78 is 5.84. The van der Waals surface area contributed by atoms with Gasteiger partial charge in [-0.3, -0.25) is 4.98 Å². The van der Waals surface area contributed by atoms with Gasteiger partial charge in [-0.2, -0.15) is 0 Å². The number of hydrogen-bond acceptors (Lipinski definition) is 3. The summed E-state index contributed by atoms with van der Waals surface area (Å²) >= 11 is 0. The number of benzene rings is 1. The second-order valence-electron chi connectivity index (χ2n) is 5.27. The van der Waals surface area contributed by atoms with Gasteiger partial charge in [-0.05, 0) is 43.7 Å². The van der Waals surface area contributed by atoms with Crippen molar-refractivity contribution >= 4 is 11.0 Å². The van der Waals surface area contributed by atoms with Crippen molar-refractivity contribution in [2.45, 2.75) is 26.3 Å². The minimum Gasteiger partial charge on any atom is -0.459 e. The lowest BCUT2D eigenvalue weighted by Crippen LogP contribution is -2.14. The molecular weight excluding hydrogens is 248 g/mol. The maximum absolute atomic E-state index is 6.26. The molecule has 3 aromatic rings. The summed E-state index contributed by atoms with van der Waals surface area (Å²) in [5, 5.41) is 1.10. The Morgan fingerprint density at radius 1 is 1.20 bits per heavy atom. The Hall–Kier alpha value is -2.13. The third-order valence-electron chi connectivity index (χ3n) is 3.59. The monoisotopic (exact) mass is 266 g/mol. The zero-order valence-corrected chi connectivity index (χ0v) is 11.8. The third-order valence-corrected chi connectivity index (χ3v) is 3.59. The molecule has 0 saturated heterocycles. The van der Waals surface area contributed by atoms with E-state index in [0.717, 1.165) is 28.0 Å². The molecule has 102 valence electrons. The van der Waals surface area contributed by atoms with E-state index in [0.29, 0.717) is 6.42 Å². The molecule has 2 N–H and O–H groups in total. The smallest absolute Gasteiger partial charge is 0.134 e. The van der Waals surface area contributed by atoms with E-state index in [9.17, 15) is 0 Å². The van der Waals surface area contributed by atoms with Crippen molar-refractivity contribution in [1.29, 1.82) is 0 Å². The molecule has 0 bridgehead atoms. The highest BCUT2D eigenvalue weighted by Gasteiger charge is 2.14. The number of rotatable bonds is 3. The summed E-state index contributed by atoms with van der Waals surface area (Å²) in [6.07, 6.45) is 2.49. The Balaban J connectivity index is 1.89. The predicted octanol–water partition coefficient (Wildman–Crippen LogP) is 3.69. The van der Waals surface area contributed by atoms with Gasteiger partial charge >= 0.3 is 0 Å². The number of aryl methyl sites for hydroxylation is 2. The van der Waals surface area contributed by atoms with Gasteiger partial charge in [0, 0.05) is 23.7 Å². The first kappa shape index (κ1) is 12.9. The molecule has 2 aromatic heterocycles. The van der Waals surface area contributed by atoms with Crippen molar-refractivity contribution in [3.63, 3.8) is 0 Å². The normalized spacial score (nSPS) is 12.8. The van der Waals surface area contributed by atoms with Crippen LogP contribution in [0.1, 0.15) is 28.6 Å². The maximum Gasteiger partial charge on any atom is 0.134 e. The van der Waals surface area contributed by atoms with Gasteiger partial charge in [-0.25, -0.2) is 0 Å².